The standard InChI is InChI=1S/C23H21ClN2O4/c1-16-4-2-5-17(14-16)22(27)26-21(15-20-6-3-12-29-20)23(28)25-11-13-30-19-9-7-18(24)8-10-19/h2-10,12,14-15H,11,13H2,1H3,(H,25,28)(H,26,27)/b21-15-. The molecule has 0 atom stereocenters. The third-order valence-corrected chi connectivity index (χ3v) is 4.32. The summed E-state index contributed by atoms with van der Waals surface area (Å²) in [6, 6.07) is 17.4. The van der Waals surface area contributed by atoms with Gasteiger partial charge < -0.3 is 19.8 Å². The van der Waals surface area contributed by atoms with Gasteiger partial charge in [0.1, 0.15) is 23.8 Å². The molecule has 2 amide bonds. The minimum atomic E-state index is -0.452. The maximum atomic E-state index is 12.7. The highest BCUT2D eigenvalue weighted by Gasteiger charge is 2.15. The van der Waals surface area contributed by atoms with Crippen LogP contribution in [0.2, 0.25) is 5.02 Å². The topological polar surface area (TPSA) is 80.6 Å². The van der Waals surface area contributed by atoms with Gasteiger partial charge in [-0.25, -0.2) is 0 Å². The van der Waals surface area contributed by atoms with Gasteiger partial charge in [-0.1, -0.05) is 29.3 Å². The van der Waals surface area contributed by atoms with E-state index in [2.05, 4.69) is 10.6 Å². The number of ether oxygens (including phenoxy) is 1. The largest absolute Gasteiger partial charge is 0.492 e. The summed E-state index contributed by atoms with van der Waals surface area (Å²) in [5, 5.41) is 6.01. The van der Waals surface area contributed by atoms with Gasteiger partial charge in [-0.2, -0.15) is 0 Å². The fraction of sp³-hybridized carbons (Fsp3) is 0.130. The van der Waals surface area contributed by atoms with Crippen molar-refractivity contribution >= 4 is 29.5 Å². The Balaban J connectivity index is 1.62. The van der Waals surface area contributed by atoms with E-state index in [1.807, 2.05) is 13.0 Å². The lowest BCUT2D eigenvalue weighted by molar-refractivity contribution is -0.117. The summed E-state index contributed by atoms with van der Waals surface area (Å²) in [4.78, 5) is 25.2. The summed E-state index contributed by atoms with van der Waals surface area (Å²) >= 11 is 5.84. The number of aryl methyl sites for hydroxylation is 1. The highest BCUT2D eigenvalue weighted by atomic mass is 35.5. The van der Waals surface area contributed by atoms with Crippen molar-refractivity contribution in [2.75, 3.05) is 13.2 Å². The van der Waals surface area contributed by atoms with Crippen molar-refractivity contribution < 1.29 is 18.7 Å². The van der Waals surface area contributed by atoms with Crippen LogP contribution < -0.4 is 15.4 Å². The number of furan rings is 1. The number of hydrogen-bond acceptors (Lipinski definition) is 4. The second-order valence-electron chi connectivity index (χ2n) is 6.46. The van der Waals surface area contributed by atoms with Gasteiger partial charge in [0.2, 0.25) is 0 Å². The first-order valence-corrected chi connectivity index (χ1v) is 9.69. The zero-order chi connectivity index (χ0) is 21.3. The molecule has 7 heteroatoms. The Morgan fingerprint density at radius 2 is 1.90 bits per heavy atom. The molecular weight excluding hydrogens is 404 g/mol. The number of nitrogens with one attached hydrogen (secondary N) is 2. The predicted octanol–water partition coefficient (Wildman–Crippen LogP) is 4.21. The van der Waals surface area contributed by atoms with Gasteiger partial charge in [-0.3, -0.25) is 9.59 Å². The molecule has 2 aromatic carbocycles. The van der Waals surface area contributed by atoms with Crippen LogP contribution in [0.15, 0.2) is 77.0 Å². The molecule has 3 rings (SSSR count). The van der Waals surface area contributed by atoms with E-state index in [9.17, 15) is 9.59 Å². The third-order valence-electron chi connectivity index (χ3n) is 4.07. The van der Waals surface area contributed by atoms with Gasteiger partial charge in [0.05, 0.1) is 12.8 Å². The van der Waals surface area contributed by atoms with Crippen molar-refractivity contribution in [2.24, 2.45) is 0 Å². The van der Waals surface area contributed by atoms with E-state index in [4.69, 9.17) is 20.8 Å². The van der Waals surface area contributed by atoms with E-state index < -0.39 is 5.91 Å². The van der Waals surface area contributed by atoms with Gasteiger partial charge in [0.15, 0.2) is 0 Å². The van der Waals surface area contributed by atoms with Crippen molar-refractivity contribution in [3.8, 4) is 5.75 Å². The van der Waals surface area contributed by atoms with Crippen LogP contribution in [-0.2, 0) is 4.79 Å². The smallest absolute Gasteiger partial charge is 0.268 e. The van der Waals surface area contributed by atoms with E-state index in [0.29, 0.717) is 22.1 Å². The molecule has 0 aliphatic carbocycles. The maximum Gasteiger partial charge on any atom is 0.268 e. The van der Waals surface area contributed by atoms with Crippen molar-refractivity contribution in [1.82, 2.24) is 10.6 Å². The van der Waals surface area contributed by atoms with Crippen molar-refractivity contribution in [1.29, 1.82) is 0 Å². The molecule has 0 aliphatic rings. The Hall–Kier alpha value is -3.51. The van der Waals surface area contributed by atoms with E-state index >= 15 is 0 Å². The van der Waals surface area contributed by atoms with E-state index in [1.54, 1.807) is 54.6 Å². The highest BCUT2D eigenvalue weighted by molar-refractivity contribution is 6.30. The molecule has 0 unspecified atom stereocenters. The van der Waals surface area contributed by atoms with Crippen LogP contribution in [0.4, 0.5) is 0 Å². The number of benzene rings is 2. The Labute approximate surface area is 179 Å². The molecule has 3 aromatic rings. The molecule has 6 nitrogen and oxygen atoms in total. The lowest BCUT2D eigenvalue weighted by Gasteiger charge is -2.12. The molecular formula is C23H21ClN2O4. The molecule has 1 aromatic heterocycles. The van der Waals surface area contributed by atoms with Crippen LogP contribution in [0.25, 0.3) is 6.08 Å². The quantitative estimate of drug-likeness (QED) is 0.419. The number of halogens is 1. The fourth-order valence-electron chi connectivity index (χ4n) is 2.61. The van der Waals surface area contributed by atoms with E-state index in [1.165, 1.54) is 12.3 Å². The Morgan fingerprint density at radius 3 is 2.60 bits per heavy atom. The number of amides is 2. The zero-order valence-electron chi connectivity index (χ0n) is 16.4. The summed E-state index contributed by atoms with van der Waals surface area (Å²) in [7, 11) is 0. The van der Waals surface area contributed by atoms with Gasteiger partial charge in [0, 0.05) is 16.7 Å². The summed E-state index contributed by atoms with van der Waals surface area (Å²) in [6.45, 7) is 2.40. The van der Waals surface area contributed by atoms with Crippen LogP contribution in [0, 0.1) is 6.92 Å². The number of carbonyl (C=O) groups excluding carboxylic acids is 2. The van der Waals surface area contributed by atoms with Crippen LogP contribution in [0.3, 0.4) is 0 Å². The summed E-state index contributed by atoms with van der Waals surface area (Å²) in [6.07, 6.45) is 2.97. The van der Waals surface area contributed by atoms with Crippen LogP contribution in [0.5, 0.6) is 5.75 Å². The number of rotatable bonds is 8. The Kier molecular flexibility index (Phi) is 7.29. The molecule has 2 N–H and O–H groups in total. The average Bonchev–Trinajstić information content (AvgIpc) is 3.25. The van der Waals surface area contributed by atoms with Gasteiger partial charge in [-0.05, 0) is 55.5 Å². The van der Waals surface area contributed by atoms with Crippen molar-refractivity contribution in [3.05, 3.63) is 94.5 Å². The first-order chi connectivity index (χ1) is 14.5. The molecule has 0 aliphatic heterocycles. The first-order valence-electron chi connectivity index (χ1n) is 9.31. The molecule has 0 spiro atoms. The molecule has 154 valence electrons. The van der Waals surface area contributed by atoms with Crippen molar-refractivity contribution in [2.45, 2.75) is 6.92 Å². The lowest BCUT2D eigenvalue weighted by Crippen LogP contribution is -2.36. The molecule has 0 saturated heterocycles. The predicted molar refractivity (Wildman–Crippen MR) is 115 cm³/mol. The van der Waals surface area contributed by atoms with E-state index in [-0.39, 0.29) is 24.8 Å². The normalized spacial score (nSPS) is 11.1. The second-order valence-corrected chi connectivity index (χ2v) is 6.89. The minimum Gasteiger partial charge on any atom is -0.492 e. The van der Waals surface area contributed by atoms with Crippen LogP contribution >= 0.6 is 11.6 Å². The Morgan fingerprint density at radius 1 is 1.10 bits per heavy atom. The molecule has 1 heterocycles. The van der Waals surface area contributed by atoms with Gasteiger partial charge in [0.25, 0.3) is 11.8 Å². The summed E-state index contributed by atoms with van der Waals surface area (Å²) in [5.41, 5.74) is 1.48. The minimum absolute atomic E-state index is 0.0722. The summed E-state index contributed by atoms with van der Waals surface area (Å²) < 4.78 is 10.8. The summed E-state index contributed by atoms with van der Waals surface area (Å²) in [5.74, 6) is 0.256. The fourth-order valence-corrected chi connectivity index (χ4v) is 2.74. The number of carbonyl (C=O) groups is 2. The molecule has 0 saturated carbocycles. The van der Waals surface area contributed by atoms with Gasteiger partial charge in [-0.15, -0.1) is 0 Å². The monoisotopic (exact) mass is 424 g/mol. The van der Waals surface area contributed by atoms with Crippen molar-refractivity contribution in [3.63, 3.8) is 0 Å². The maximum absolute atomic E-state index is 12.7. The molecule has 0 radical (unpaired) electrons. The zero-order valence-corrected chi connectivity index (χ0v) is 17.1. The van der Waals surface area contributed by atoms with Gasteiger partial charge >= 0.3 is 0 Å². The number of hydrogen-bond donors (Lipinski definition) is 2. The SMILES string of the molecule is Cc1cccc(C(=O)N/C(=C\c2ccco2)C(=O)NCCOc2ccc(Cl)cc2)c1. The second kappa shape index (κ2) is 10.3. The molecule has 30 heavy (non-hydrogen) atoms. The lowest BCUT2D eigenvalue weighted by atomic mass is 10.1. The van der Waals surface area contributed by atoms with Crippen LogP contribution in [0.1, 0.15) is 21.7 Å². The molecule has 0 fully saturated rings. The van der Waals surface area contributed by atoms with Crippen LogP contribution in [-0.4, -0.2) is 25.0 Å². The highest BCUT2D eigenvalue weighted by Crippen LogP contribution is 2.15. The third kappa shape index (κ3) is 6.25. The first kappa shape index (κ1) is 21.2. The Bertz CT molecular complexity index is 1030. The average molecular weight is 425 g/mol. The molecule has 0 bridgehead atoms. The van der Waals surface area contributed by atoms with E-state index in [0.717, 1.165) is 5.56 Å².